The molecule has 2 aromatic carbocycles. The zero-order valence-electron chi connectivity index (χ0n) is 35.0. The Morgan fingerprint density at radius 2 is 0.984 bits per heavy atom. The number of nitrogens with one attached hydrogen (secondary N) is 4. The van der Waals surface area contributed by atoms with E-state index in [4.69, 9.17) is 19.4 Å². The molecule has 6 heterocycles. The van der Waals surface area contributed by atoms with Crippen molar-refractivity contribution in [1.82, 2.24) is 40.4 Å². The molecule has 4 amide bonds. The smallest absolute Gasteiger partial charge is 0.405 e. The van der Waals surface area contributed by atoms with E-state index in [2.05, 4.69) is 69.1 Å². The lowest BCUT2D eigenvalue weighted by molar-refractivity contribution is -0.138. The van der Waals surface area contributed by atoms with Gasteiger partial charge in [0.2, 0.25) is 11.8 Å². The highest BCUT2D eigenvalue weighted by Crippen LogP contribution is 2.56. The average molecular weight is 859 g/mol. The summed E-state index contributed by atoms with van der Waals surface area (Å²) in [5, 5.41) is 24.3. The fourth-order valence-corrected chi connectivity index (χ4v) is 11.5. The molecule has 0 bridgehead atoms. The van der Waals surface area contributed by atoms with E-state index in [0.717, 1.165) is 66.3 Å². The molecule has 6 N–H and O–H groups in total. The van der Waals surface area contributed by atoms with Crippen LogP contribution in [0.5, 0.6) is 0 Å². The van der Waals surface area contributed by atoms with Gasteiger partial charge in [-0.15, -0.1) is 0 Å². The molecule has 16 nitrogen and oxygen atoms in total. The maximum atomic E-state index is 14.0. The molecule has 16 heteroatoms. The first-order valence-corrected chi connectivity index (χ1v) is 22.8. The SMILES string of the molecule is O=C(O)N[C@@H](C(=O)N1C2C[C@@H]2C[C@H]1c1ncc(-c2ccc([C@H]3C[C@@H]3c3ccc(-c4cnc([C@@H]5C[C@H]6CC6N5C(=O)[C@H](NC(=O)O)C5CCOCC5)[nH]4)cc3)cc2)[nH]1)C1CCOCC1. The number of aromatic amines is 2. The summed E-state index contributed by atoms with van der Waals surface area (Å²) in [6.07, 6.45) is 8.49. The molecule has 11 rings (SSSR count). The second kappa shape index (κ2) is 16.1. The predicted molar refractivity (Wildman–Crippen MR) is 227 cm³/mol. The molecule has 0 radical (unpaired) electrons. The highest BCUT2D eigenvalue weighted by Gasteiger charge is 2.58. The molecular weight excluding hydrogens is 805 g/mol. The van der Waals surface area contributed by atoms with Crippen LogP contribution in [0.2, 0.25) is 0 Å². The first kappa shape index (κ1) is 40.1. The van der Waals surface area contributed by atoms with Gasteiger partial charge in [-0.3, -0.25) is 9.59 Å². The summed E-state index contributed by atoms with van der Waals surface area (Å²) in [6.45, 7) is 2.11. The zero-order chi connectivity index (χ0) is 42.9. The number of rotatable bonds is 12. The van der Waals surface area contributed by atoms with Crippen LogP contribution in [0.25, 0.3) is 22.5 Å². The van der Waals surface area contributed by atoms with Gasteiger partial charge >= 0.3 is 12.2 Å². The third-order valence-corrected chi connectivity index (χ3v) is 15.2. The molecule has 63 heavy (non-hydrogen) atoms. The van der Waals surface area contributed by atoms with Crippen LogP contribution in [-0.4, -0.2) is 115 Å². The number of H-pyrrole nitrogens is 2. The van der Waals surface area contributed by atoms with E-state index in [0.29, 0.717) is 75.8 Å². The van der Waals surface area contributed by atoms with E-state index < -0.39 is 24.3 Å². The molecule has 0 spiro atoms. The summed E-state index contributed by atoms with van der Waals surface area (Å²) in [4.78, 5) is 72.0. The number of hydrogen-bond donors (Lipinski definition) is 6. The fraction of sp³-hybridized carbons (Fsp3) is 0.532. The van der Waals surface area contributed by atoms with E-state index >= 15 is 0 Å². The number of piperidine rings is 2. The van der Waals surface area contributed by atoms with E-state index in [1.807, 2.05) is 22.2 Å². The molecular formula is C47H54N8O8. The number of likely N-dealkylation sites (tertiary alicyclic amines) is 2. The molecule has 7 fully saturated rings. The van der Waals surface area contributed by atoms with Crippen LogP contribution in [0.1, 0.15) is 104 Å². The Balaban J connectivity index is 0.726. The molecule has 330 valence electrons. The van der Waals surface area contributed by atoms with Crippen molar-refractivity contribution >= 4 is 24.0 Å². The Kier molecular flexibility index (Phi) is 10.2. The minimum atomic E-state index is -1.18. The molecule has 4 aromatic rings. The Morgan fingerprint density at radius 1 is 0.587 bits per heavy atom. The summed E-state index contributed by atoms with van der Waals surface area (Å²) in [5.41, 5.74) is 6.38. The fourth-order valence-electron chi connectivity index (χ4n) is 11.5. The average Bonchev–Trinajstić information content (AvgIpc) is 4.23. The van der Waals surface area contributed by atoms with Crippen molar-refractivity contribution in [1.29, 1.82) is 0 Å². The lowest BCUT2D eigenvalue weighted by Gasteiger charge is -2.35. The second-order valence-corrected chi connectivity index (χ2v) is 18.9. The van der Waals surface area contributed by atoms with Crippen molar-refractivity contribution in [2.75, 3.05) is 26.4 Å². The Hall–Kier alpha value is -5.74. The van der Waals surface area contributed by atoms with Crippen LogP contribution < -0.4 is 10.6 Å². The predicted octanol–water partition coefficient (Wildman–Crippen LogP) is 6.19. The second-order valence-electron chi connectivity index (χ2n) is 18.9. The van der Waals surface area contributed by atoms with Crippen LogP contribution in [-0.2, 0) is 19.1 Å². The third kappa shape index (κ3) is 7.74. The Labute approximate surface area is 364 Å². The summed E-state index contributed by atoms with van der Waals surface area (Å²) < 4.78 is 11.0. The van der Waals surface area contributed by atoms with Gasteiger partial charge in [-0.1, -0.05) is 48.5 Å². The molecule has 3 aliphatic carbocycles. The van der Waals surface area contributed by atoms with Crippen LogP contribution in [0, 0.1) is 23.7 Å². The largest absolute Gasteiger partial charge is 0.465 e. The number of hydrogen-bond acceptors (Lipinski definition) is 8. The molecule has 7 aliphatic rings. The van der Waals surface area contributed by atoms with Crippen LogP contribution in [0.3, 0.4) is 0 Å². The van der Waals surface area contributed by atoms with Crippen molar-refractivity contribution < 1.29 is 38.9 Å². The lowest BCUT2D eigenvalue weighted by atomic mass is 9.90. The zero-order valence-corrected chi connectivity index (χ0v) is 35.0. The van der Waals surface area contributed by atoms with E-state index in [-0.39, 0.29) is 47.8 Å². The van der Waals surface area contributed by atoms with Gasteiger partial charge in [0.25, 0.3) is 0 Å². The number of ether oxygens (including phenoxy) is 2. The molecule has 2 unspecified atom stereocenters. The Morgan fingerprint density at radius 3 is 1.37 bits per heavy atom. The number of imidazole rings is 2. The lowest BCUT2D eigenvalue weighted by Crippen LogP contribution is -2.53. The normalized spacial score (nSPS) is 29.7. The van der Waals surface area contributed by atoms with Crippen molar-refractivity contribution in [3.05, 3.63) is 83.7 Å². The van der Waals surface area contributed by atoms with Crippen LogP contribution in [0.15, 0.2) is 60.9 Å². The molecule has 10 atom stereocenters. The van der Waals surface area contributed by atoms with Gasteiger partial charge < -0.3 is 50.1 Å². The number of carbonyl (C=O) groups is 4. The van der Waals surface area contributed by atoms with Gasteiger partial charge in [0.05, 0.1) is 35.9 Å². The van der Waals surface area contributed by atoms with Crippen molar-refractivity contribution in [3.63, 3.8) is 0 Å². The Bertz CT molecular complexity index is 2210. The topological polar surface area (TPSA) is 215 Å². The highest BCUT2D eigenvalue weighted by atomic mass is 16.5. The molecule has 4 saturated heterocycles. The third-order valence-electron chi connectivity index (χ3n) is 15.2. The van der Waals surface area contributed by atoms with Gasteiger partial charge in [-0.2, -0.15) is 0 Å². The van der Waals surface area contributed by atoms with Crippen molar-refractivity contribution in [2.24, 2.45) is 23.7 Å². The van der Waals surface area contributed by atoms with Crippen LogP contribution >= 0.6 is 0 Å². The number of amides is 4. The quantitative estimate of drug-likeness (QED) is 0.0951. The van der Waals surface area contributed by atoms with Gasteiger partial charge in [0.15, 0.2) is 0 Å². The van der Waals surface area contributed by atoms with Gasteiger partial charge in [0, 0.05) is 38.5 Å². The number of benzene rings is 2. The number of fused-ring (bicyclic) bond motifs is 2. The first-order valence-electron chi connectivity index (χ1n) is 22.8. The van der Waals surface area contributed by atoms with Gasteiger partial charge in [0.1, 0.15) is 23.7 Å². The summed E-state index contributed by atoms with van der Waals surface area (Å²) in [6, 6.07) is 15.5. The summed E-state index contributed by atoms with van der Waals surface area (Å²) in [5.74, 6) is 2.65. The summed E-state index contributed by atoms with van der Waals surface area (Å²) in [7, 11) is 0. The maximum Gasteiger partial charge on any atom is 0.405 e. The highest BCUT2D eigenvalue weighted by molar-refractivity contribution is 5.88. The maximum absolute atomic E-state index is 14.0. The van der Waals surface area contributed by atoms with E-state index in [9.17, 15) is 29.4 Å². The first-order chi connectivity index (χ1) is 30.7. The van der Waals surface area contributed by atoms with Crippen molar-refractivity contribution in [2.45, 2.75) is 106 Å². The number of nitrogens with zero attached hydrogens (tertiary/aromatic N) is 4. The summed E-state index contributed by atoms with van der Waals surface area (Å²) >= 11 is 0. The standard InChI is InChI=1S/C47H54N8O8/c56-44(40(52-46(58)59)28-9-13-62-14-10-28)54-36-17-30(36)19-38(54)42-48-22-34(50-42)26-5-1-24(2-6-26)32-21-33(32)25-3-7-27(8-4-25)35-23-49-43(51-35)39-20-31-18-37(31)55(39)45(57)41(53-47(60)61)29-11-15-63-16-12-29/h1-8,22-23,28-33,36-41,52-53H,9-21H2,(H,48,50)(H,49,51)(H,58,59)(H,60,61)/t30-,31-,32-,33-,36?,37?,38+,39+,40-,41-/m1/s1. The number of carboxylic acid groups (broad SMARTS) is 2. The van der Waals surface area contributed by atoms with Crippen molar-refractivity contribution in [3.8, 4) is 22.5 Å². The minimum absolute atomic E-state index is 0.0954. The monoisotopic (exact) mass is 858 g/mol. The minimum Gasteiger partial charge on any atom is -0.465 e. The molecule has 2 aromatic heterocycles. The molecule has 4 aliphatic heterocycles. The van der Waals surface area contributed by atoms with Gasteiger partial charge in [-0.05, 0) is 116 Å². The van der Waals surface area contributed by atoms with E-state index in [1.165, 1.54) is 11.1 Å². The van der Waals surface area contributed by atoms with Crippen LogP contribution in [0.4, 0.5) is 9.59 Å². The van der Waals surface area contributed by atoms with Gasteiger partial charge in [-0.25, -0.2) is 19.6 Å². The van der Waals surface area contributed by atoms with E-state index in [1.54, 1.807) is 0 Å². The number of carbonyl (C=O) groups excluding carboxylic acids is 2. The molecule has 3 saturated carbocycles. The number of aromatic nitrogens is 4.